The fourth-order valence-corrected chi connectivity index (χ4v) is 3.03. The van der Waals surface area contributed by atoms with Crippen molar-refractivity contribution in [2.45, 2.75) is 19.5 Å². The highest BCUT2D eigenvalue weighted by atomic mass is 16.5. The molecule has 1 amide bonds. The van der Waals surface area contributed by atoms with E-state index >= 15 is 0 Å². The van der Waals surface area contributed by atoms with Gasteiger partial charge < -0.3 is 10.1 Å². The molecular formula is C17H19N5O2. The number of para-hydroxylation sites is 1. The second-order valence-corrected chi connectivity index (χ2v) is 6.04. The predicted octanol–water partition coefficient (Wildman–Crippen LogP) is 1.91. The smallest absolute Gasteiger partial charge is 0.247 e. The van der Waals surface area contributed by atoms with Crippen molar-refractivity contribution >= 4 is 22.6 Å². The van der Waals surface area contributed by atoms with Crippen LogP contribution in [0.5, 0.6) is 0 Å². The molecule has 3 aromatic rings. The molecule has 1 saturated heterocycles. The monoisotopic (exact) mass is 325 g/mol. The van der Waals surface area contributed by atoms with Gasteiger partial charge in [0, 0.05) is 30.5 Å². The molecule has 2 aromatic heterocycles. The van der Waals surface area contributed by atoms with Gasteiger partial charge in [0.1, 0.15) is 12.4 Å². The highest BCUT2D eigenvalue weighted by Gasteiger charge is 2.18. The number of hydrogen-bond acceptors (Lipinski definition) is 4. The van der Waals surface area contributed by atoms with Crippen LogP contribution >= 0.6 is 0 Å². The molecule has 124 valence electrons. The number of nitrogens with zero attached hydrogens (tertiary/aromatic N) is 4. The number of hydrogen-bond donors (Lipinski definition) is 1. The maximum Gasteiger partial charge on any atom is 0.247 e. The second kappa shape index (κ2) is 6.45. The molecule has 1 fully saturated rings. The fourth-order valence-electron chi connectivity index (χ4n) is 3.03. The number of ether oxygens (including phenoxy) is 1. The Morgan fingerprint density at radius 3 is 3.04 bits per heavy atom. The van der Waals surface area contributed by atoms with Gasteiger partial charge in [-0.1, -0.05) is 18.2 Å². The minimum atomic E-state index is -0.117. The van der Waals surface area contributed by atoms with Crippen LogP contribution in [0.3, 0.4) is 0 Å². The maximum atomic E-state index is 12.4. The van der Waals surface area contributed by atoms with Gasteiger partial charge in [0.15, 0.2) is 0 Å². The summed E-state index contributed by atoms with van der Waals surface area (Å²) >= 11 is 0. The van der Waals surface area contributed by atoms with Crippen LogP contribution in [0.2, 0.25) is 0 Å². The van der Waals surface area contributed by atoms with E-state index in [0.717, 1.165) is 37.1 Å². The number of rotatable bonds is 5. The normalized spacial score (nSPS) is 17.4. The molecule has 7 nitrogen and oxygen atoms in total. The fraction of sp³-hybridized carbons (Fsp3) is 0.353. The van der Waals surface area contributed by atoms with E-state index in [4.69, 9.17) is 4.74 Å². The SMILES string of the molecule is O=C(Cn1ncc2ccccc21)Nc1ccnn1C[C@H]1CCOC1. The quantitative estimate of drug-likeness (QED) is 0.777. The van der Waals surface area contributed by atoms with Gasteiger partial charge in [-0.2, -0.15) is 10.2 Å². The van der Waals surface area contributed by atoms with Crippen LogP contribution in [0.1, 0.15) is 6.42 Å². The molecule has 0 bridgehead atoms. The Morgan fingerprint density at radius 1 is 1.25 bits per heavy atom. The summed E-state index contributed by atoms with van der Waals surface area (Å²) in [5, 5.41) is 12.5. The van der Waals surface area contributed by atoms with Crippen LogP contribution in [-0.2, 0) is 22.6 Å². The Morgan fingerprint density at radius 2 is 2.17 bits per heavy atom. The van der Waals surface area contributed by atoms with Crippen LogP contribution in [-0.4, -0.2) is 38.7 Å². The highest BCUT2D eigenvalue weighted by molar-refractivity contribution is 5.90. The standard InChI is InChI=1S/C17H19N5O2/c23-17(11-21-15-4-2-1-3-14(15)9-19-21)20-16-5-7-18-22(16)10-13-6-8-24-12-13/h1-5,7,9,13H,6,8,10-12H2,(H,20,23)/t13-/m1/s1. The van der Waals surface area contributed by atoms with E-state index in [9.17, 15) is 4.79 Å². The van der Waals surface area contributed by atoms with E-state index in [2.05, 4.69) is 15.5 Å². The third kappa shape index (κ3) is 3.03. The molecule has 7 heteroatoms. The van der Waals surface area contributed by atoms with Crippen molar-refractivity contribution in [3.63, 3.8) is 0 Å². The zero-order valence-electron chi connectivity index (χ0n) is 13.3. The minimum absolute atomic E-state index is 0.117. The molecule has 1 aliphatic heterocycles. The van der Waals surface area contributed by atoms with E-state index in [0.29, 0.717) is 11.7 Å². The molecule has 3 heterocycles. The van der Waals surface area contributed by atoms with E-state index in [-0.39, 0.29) is 12.5 Å². The van der Waals surface area contributed by atoms with Gasteiger partial charge in [-0.05, 0) is 12.5 Å². The summed E-state index contributed by atoms with van der Waals surface area (Å²) < 4.78 is 8.93. The van der Waals surface area contributed by atoms with Crippen LogP contribution in [0.15, 0.2) is 42.7 Å². The van der Waals surface area contributed by atoms with E-state index in [1.54, 1.807) is 17.1 Å². The molecule has 4 rings (SSSR count). The lowest BCUT2D eigenvalue weighted by Crippen LogP contribution is -2.22. The Balaban J connectivity index is 1.44. The van der Waals surface area contributed by atoms with Crippen LogP contribution < -0.4 is 5.32 Å². The Bertz CT molecular complexity index is 847. The van der Waals surface area contributed by atoms with Crippen molar-refractivity contribution in [1.29, 1.82) is 0 Å². The lowest BCUT2D eigenvalue weighted by atomic mass is 10.1. The van der Waals surface area contributed by atoms with Crippen molar-refractivity contribution in [2.24, 2.45) is 5.92 Å². The van der Waals surface area contributed by atoms with Crippen LogP contribution in [0.4, 0.5) is 5.82 Å². The molecule has 0 unspecified atom stereocenters. The van der Waals surface area contributed by atoms with Crippen molar-refractivity contribution in [3.8, 4) is 0 Å². The van der Waals surface area contributed by atoms with Gasteiger partial charge in [-0.25, -0.2) is 4.68 Å². The Kier molecular flexibility index (Phi) is 4.00. The lowest BCUT2D eigenvalue weighted by molar-refractivity contribution is -0.116. The molecule has 1 N–H and O–H groups in total. The molecule has 1 aliphatic rings. The zero-order valence-corrected chi connectivity index (χ0v) is 13.3. The van der Waals surface area contributed by atoms with Gasteiger partial charge in [0.2, 0.25) is 5.91 Å². The summed E-state index contributed by atoms with van der Waals surface area (Å²) in [5.41, 5.74) is 0.948. The zero-order chi connectivity index (χ0) is 16.4. The average Bonchev–Trinajstić information content (AvgIpc) is 3.31. The van der Waals surface area contributed by atoms with Crippen molar-refractivity contribution < 1.29 is 9.53 Å². The topological polar surface area (TPSA) is 74.0 Å². The predicted molar refractivity (Wildman–Crippen MR) is 89.5 cm³/mol. The van der Waals surface area contributed by atoms with Crippen molar-refractivity contribution in [2.75, 3.05) is 18.5 Å². The third-order valence-corrected chi connectivity index (χ3v) is 4.28. The van der Waals surface area contributed by atoms with Crippen LogP contribution in [0, 0.1) is 5.92 Å². The molecule has 0 aliphatic carbocycles. The number of benzene rings is 1. The van der Waals surface area contributed by atoms with Gasteiger partial charge in [-0.3, -0.25) is 9.48 Å². The van der Waals surface area contributed by atoms with Gasteiger partial charge in [0.05, 0.1) is 24.5 Å². The summed E-state index contributed by atoms with van der Waals surface area (Å²) in [4.78, 5) is 12.4. The molecule has 0 saturated carbocycles. The first kappa shape index (κ1) is 14.9. The highest BCUT2D eigenvalue weighted by Crippen LogP contribution is 2.17. The summed E-state index contributed by atoms with van der Waals surface area (Å²) in [6.45, 7) is 2.49. The summed E-state index contributed by atoms with van der Waals surface area (Å²) in [6.07, 6.45) is 4.51. The molecule has 24 heavy (non-hydrogen) atoms. The summed E-state index contributed by atoms with van der Waals surface area (Å²) in [5.74, 6) is 1.05. The second-order valence-electron chi connectivity index (χ2n) is 6.04. The van der Waals surface area contributed by atoms with E-state index < -0.39 is 0 Å². The lowest BCUT2D eigenvalue weighted by Gasteiger charge is -2.12. The number of aromatic nitrogens is 4. The number of fused-ring (bicyclic) bond motifs is 1. The molecule has 0 spiro atoms. The maximum absolute atomic E-state index is 12.4. The first-order valence-corrected chi connectivity index (χ1v) is 8.09. The molecule has 1 aromatic carbocycles. The van der Waals surface area contributed by atoms with Gasteiger partial charge >= 0.3 is 0 Å². The largest absolute Gasteiger partial charge is 0.381 e. The summed E-state index contributed by atoms with van der Waals surface area (Å²) in [7, 11) is 0. The van der Waals surface area contributed by atoms with Crippen molar-refractivity contribution in [3.05, 3.63) is 42.7 Å². The average molecular weight is 325 g/mol. The molecule has 0 radical (unpaired) electrons. The first-order chi connectivity index (χ1) is 11.8. The number of carbonyl (C=O) groups is 1. The Hall–Kier alpha value is -2.67. The number of anilines is 1. The number of amides is 1. The minimum Gasteiger partial charge on any atom is -0.381 e. The first-order valence-electron chi connectivity index (χ1n) is 8.09. The van der Waals surface area contributed by atoms with Crippen LogP contribution in [0.25, 0.3) is 10.9 Å². The molecule has 1 atom stereocenters. The molecular weight excluding hydrogens is 306 g/mol. The van der Waals surface area contributed by atoms with Gasteiger partial charge in [0.25, 0.3) is 0 Å². The van der Waals surface area contributed by atoms with Gasteiger partial charge in [-0.15, -0.1) is 0 Å². The number of nitrogens with one attached hydrogen (secondary N) is 1. The third-order valence-electron chi connectivity index (χ3n) is 4.28. The van der Waals surface area contributed by atoms with E-state index in [1.165, 1.54) is 0 Å². The van der Waals surface area contributed by atoms with E-state index in [1.807, 2.05) is 35.0 Å². The summed E-state index contributed by atoms with van der Waals surface area (Å²) in [6, 6.07) is 9.65. The number of carbonyl (C=O) groups excluding carboxylic acids is 1. The van der Waals surface area contributed by atoms with Crippen molar-refractivity contribution in [1.82, 2.24) is 19.6 Å². The Labute approximate surface area is 139 Å².